The Balaban J connectivity index is 1.60. The van der Waals surface area contributed by atoms with Crippen molar-refractivity contribution in [1.29, 1.82) is 0 Å². The molecule has 1 aliphatic carbocycles. The predicted molar refractivity (Wildman–Crippen MR) is 83.1 cm³/mol. The number of nitrogen functional groups attached to an aromatic ring is 1. The first-order valence-corrected chi connectivity index (χ1v) is 8.36. The first-order valence-electron chi connectivity index (χ1n) is 7.48. The van der Waals surface area contributed by atoms with Crippen LogP contribution in [-0.2, 0) is 18.4 Å². The molecular formula is C15H19N5S. The normalized spacial score (nSPS) is 25.3. The molecule has 4 rings (SSSR count). The van der Waals surface area contributed by atoms with E-state index in [0.717, 1.165) is 26.1 Å². The molecule has 110 valence electrons. The number of nitrogens with two attached hydrogens (primary N) is 1. The highest BCUT2D eigenvalue weighted by Gasteiger charge is 2.43. The van der Waals surface area contributed by atoms with Crippen LogP contribution in [0.15, 0.2) is 17.8 Å². The molecule has 2 aromatic rings. The molecule has 1 aliphatic heterocycles. The van der Waals surface area contributed by atoms with E-state index < -0.39 is 0 Å². The van der Waals surface area contributed by atoms with Gasteiger partial charge in [0.15, 0.2) is 0 Å². The van der Waals surface area contributed by atoms with Crippen LogP contribution in [0.3, 0.4) is 0 Å². The number of aryl methyl sites for hydroxylation is 1. The standard InChI is InChI=1S/C15H19N5S/c16-14-18-8-11-2-4-15(13(11)19-14)3-1-6-20(10-15)9-12-17-5-7-21-12/h5,7-8H,1-4,6,9-10H2,(H2,16,18,19). The van der Waals surface area contributed by atoms with Gasteiger partial charge in [0.1, 0.15) is 5.01 Å². The Bertz CT molecular complexity index is 638. The Labute approximate surface area is 128 Å². The largest absolute Gasteiger partial charge is 0.368 e. The number of hydrogen-bond donors (Lipinski definition) is 1. The van der Waals surface area contributed by atoms with Gasteiger partial charge in [0.05, 0.1) is 12.2 Å². The minimum Gasteiger partial charge on any atom is -0.368 e. The lowest BCUT2D eigenvalue weighted by Crippen LogP contribution is -2.45. The number of piperidine rings is 1. The Morgan fingerprint density at radius 2 is 2.29 bits per heavy atom. The maximum absolute atomic E-state index is 5.82. The monoisotopic (exact) mass is 301 g/mol. The van der Waals surface area contributed by atoms with Crippen molar-refractivity contribution >= 4 is 17.3 Å². The molecule has 1 fully saturated rings. The summed E-state index contributed by atoms with van der Waals surface area (Å²) >= 11 is 1.74. The first-order chi connectivity index (χ1) is 10.3. The summed E-state index contributed by atoms with van der Waals surface area (Å²) in [5, 5.41) is 3.25. The molecule has 6 heteroatoms. The third-order valence-corrected chi connectivity index (χ3v) is 5.52. The van der Waals surface area contributed by atoms with E-state index in [9.17, 15) is 0 Å². The van der Waals surface area contributed by atoms with Crippen molar-refractivity contribution in [3.05, 3.63) is 34.0 Å². The second kappa shape index (κ2) is 5.03. The molecule has 0 aromatic carbocycles. The fourth-order valence-electron chi connectivity index (χ4n) is 3.84. The van der Waals surface area contributed by atoms with Gasteiger partial charge in [0.25, 0.3) is 0 Å². The highest BCUT2D eigenvalue weighted by atomic mass is 32.1. The third kappa shape index (κ3) is 2.32. The Kier molecular flexibility index (Phi) is 3.15. The highest BCUT2D eigenvalue weighted by Crippen LogP contribution is 2.44. The zero-order valence-electron chi connectivity index (χ0n) is 12.0. The number of rotatable bonds is 2. The second-order valence-corrected chi connectivity index (χ2v) is 7.10. The summed E-state index contributed by atoms with van der Waals surface area (Å²) in [6.07, 6.45) is 8.50. The number of fused-ring (bicyclic) bond motifs is 2. The van der Waals surface area contributed by atoms with Gasteiger partial charge in [-0.2, -0.15) is 0 Å². The SMILES string of the molecule is Nc1ncc2c(n1)C1(CCCN(Cc3nccs3)C1)CC2. The van der Waals surface area contributed by atoms with Crippen LogP contribution in [0.5, 0.6) is 0 Å². The van der Waals surface area contributed by atoms with Crippen molar-refractivity contribution in [2.24, 2.45) is 0 Å². The van der Waals surface area contributed by atoms with Crippen LogP contribution in [-0.4, -0.2) is 32.9 Å². The molecule has 21 heavy (non-hydrogen) atoms. The molecule has 1 unspecified atom stereocenters. The summed E-state index contributed by atoms with van der Waals surface area (Å²) in [6, 6.07) is 0. The van der Waals surface area contributed by atoms with Gasteiger partial charge >= 0.3 is 0 Å². The molecule has 0 amide bonds. The average Bonchev–Trinajstić information content (AvgIpc) is 3.09. The second-order valence-electron chi connectivity index (χ2n) is 6.12. The minimum atomic E-state index is 0.182. The highest BCUT2D eigenvalue weighted by molar-refractivity contribution is 7.09. The van der Waals surface area contributed by atoms with Crippen LogP contribution in [0.25, 0.3) is 0 Å². The van der Waals surface area contributed by atoms with Gasteiger partial charge in [0.2, 0.25) is 5.95 Å². The first kappa shape index (κ1) is 13.2. The summed E-state index contributed by atoms with van der Waals surface area (Å²) in [6.45, 7) is 3.17. The van der Waals surface area contributed by atoms with Gasteiger partial charge in [-0.15, -0.1) is 11.3 Å². The molecule has 0 bridgehead atoms. The molecule has 0 radical (unpaired) electrons. The van der Waals surface area contributed by atoms with Crippen LogP contribution in [0.4, 0.5) is 5.95 Å². The number of anilines is 1. The van der Waals surface area contributed by atoms with Crippen molar-refractivity contribution in [3.8, 4) is 0 Å². The lowest BCUT2D eigenvalue weighted by molar-refractivity contribution is 0.136. The maximum atomic E-state index is 5.82. The van der Waals surface area contributed by atoms with Crippen LogP contribution in [0, 0.1) is 0 Å². The zero-order valence-corrected chi connectivity index (χ0v) is 12.8. The van der Waals surface area contributed by atoms with E-state index in [4.69, 9.17) is 5.73 Å². The molecule has 1 atom stereocenters. The Hall–Kier alpha value is -1.53. The van der Waals surface area contributed by atoms with Crippen molar-refractivity contribution in [2.45, 2.75) is 37.6 Å². The van der Waals surface area contributed by atoms with Crippen LogP contribution in [0.1, 0.15) is 35.5 Å². The lowest BCUT2D eigenvalue weighted by atomic mass is 9.77. The summed E-state index contributed by atoms with van der Waals surface area (Å²) in [7, 11) is 0. The van der Waals surface area contributed by atoms with Gasteiger partial charge in [-0.25, -0.2) is 15.0 Å². The molecule has 1 saturated heterocycles. The van der Waals surface area contributed by atoms with E-state index >= 15 is 0 Å². The quantitative estimate of drug-likeness (QED) is 0.919. The van der Waals surface area contributed by atoms with Gasteiger partial charge in [-0.05, 0) is 37.8 Å². The molecule has 1 spiro atoms. The number of hydrogen-bond acceptors (Lipinski definition) is 6. The van der Waals surface area contributed by atoms with Gasteiger partial charge in [0, 0.05) is 29.7 Å². The van der Waals surface area contributed by atoms with E-state index in [2.05, 4.69) is 19.9 Å². The van der Waals surface area contributed by atoms with Crippen LogP contribution >= 0.6 is 11.3 Å². The van der Waals surface area contributed by atoms with Gasteiger partial charge in [-0.3, -0.25) is 4.90 Å². The van der Waals surface area contributed by atoms with E-state index in [0.29, 0.717) is 5.95 Å². The molecule has 3 heterocycles. The smallest absolute Gasteiger partial charge is 0.220 e. The maximum Gasteiger partial charge on any atom is 0.220 e. The lowest BCUT2D eigenvalue weighted by Gasteiger charge is -2.40. The van der Waals surface area contributed by atoms with Gasteiger partial charge in [-0.1, -0.05) is 0 Å². The molecule has 2 aliphatic rings. The van der Waals surface area contributed by atoms with E-state index in [1.54, 1.807) is 11.3 Å². The number of likely N-dealkylation sites (tertiary alicyclic amines) is 1. The summed E-state index contributed by atoms with van der Waals surface area (Å²) < 4.78 is 0. The van der Waals surface area contributed by atoms with Crippen molar-refractivity contribution in [1.82, 2.24) is 19.9 Å². The summed E-state index contributed by atoms with van der Waals surface area (Å²) in [5.41, 5.74) is 8.50. The zero-order chi connectivity index (χ0) is 14.3. The topological polar surface area (TPSA) is 67.9 Å². The van der Waals surface area contributed by atoms with E-state index in [1.807, 2.05) is 17.8 Å². The third-order valence-electron chi connectivity index (χ3n) is 4.76. The number of thiazole rings is 1. The Morgan fingerprint density at radius 3 is 3.14 bits per heavy atom. The van der Waals surface area contributed by atoms with Crippen LogP contribution < -0.4 is 5.73 Å². The summed E-state index contributed by atoms with van der Waals surface area (Å²) in [4.78, 5) is 15.7. The number of aromatic nitrogens is 3. The molecular weight excluding hydrogens is 282 g/mol. The number of nitrogens with zero attached hydrogens (tertiary/aromatic N) is 4. The molecule has 0 saturated carbocycles. The predicted octanol–water partition coefficient (Wildman–Crippen LogP) is 2.00. The Morgan fingerprint density at radius 1 is 1.33 bits per heavy atom. The van der Waals surface area contributed by atoms with Crippen molar-refractivity contribution in [2.75, 3.05) is 18.8 Å². The average molecular weight is 301 g/mol. The molecule has 2 N–H and O–H groups in total. The van der Waals surface area contributed by atoms with E-state index in [-0.39, 0.29) is 5.41 Å². The van der Waals surface area contributed by atoms with E-state index in [1.165, 1.54) is 35.5 Å². The summed E-state index contributed by atoms with van der Waals surface area (Å²) in [5.74, 6) is 0.409. The fraction of sp³-hybridized carbons (Fsp3) is 0.533. The molecule has 2 aromatic heterocycles. The molecule has 5 nitrogen and oxygen atoms in total. The van der Waals surface area contributed by atoms with Crippen LogP contribution in [0.2, 0.25) is 0 Å². The fourth-order valence-corrected chi connectivity index (χ4v) is 4.49. The van der Waals surface area contributed by atoms with Gasteiger partial charge < -0.3 is 5.73 Å². The minimum absolute atomic E-state index is 0.182. The van der Waals surface area contributed by atoms with Crippen molar-refractivity contribution < 1.29 is 0 Å². The van der Waals surface area contributed by atoms with Crippen molar-refractivity contribution in [3.63, 3.8) is 0 Å².